The molecule has 0 unspecified atom stereocenters. The van der Waals surface area contributed by atoms with Crippen LogP contribution in [0.5, 0.6) is 0 Å². The van der Waals surface area contributed by atoms with Crippen LogP contribution in [0.15, 0.2) is 12.7 Å². The number of carbonyl (C=O) groups excluding carboxylic acids is 1. The second-order valence-corrected chi connectivity index (χ2v) is 5.48. The molecule has 0 aliphatic heterocycles. The molecule has 2 N–H and O–H groups in total. The van der Waals surface area contributed by atoms with E-state index in [1.54, 1.807) is 11.0 Å². The standard InChI is InChI=1S/C15H26N2O3/c1-3-9-17(10-4-2)15(20)16-11-12-5-7-13(8-6-12)14(18)19/h3,12-13H,1,4-11H2,2H3,(H,16,20)(H,18,19). The van der Waals surface area contributed by atoms with E-state index in [1.807, 2.05) is 6.92 Å². The number of nitrogens with one attached hydrogen (secondary N) is 1. The van der Waals surface area contributed by atoms with Crippen LogP contribution in [-0.4, -0.2) is 41.6 Å². The van der Waals surface area contributed by atoms with Gasteiger partial charge in [0.1, 0.15) is 0 Å². The molecule has 1 aliphatic rings. The summed E-state index contributed by atoms with van der Waals surface area (Å²) in [7, 11) is 0. The lowest BCUT2D eigenvalue weighted by Crippen LogP contribution is -2.42. The summed E-state index contributed by atoms with van der Waals surface area (Å²) in [5.41, 5.74) is 0. The monoisotopic (exact) mass is 282 g/mol. The lowest BCUT2D eigenvalue weighted by atomic mass is 9.82. The maximum atomic E-state index is 12.0. The van der Waals surface area contributed by atoms with Crippen LogP contribution in [0.4, 0.5) is 4.79 Å². The molecule has 1 fully saturated rings. The highest BCUT2D eigenvalue weighted by Crippen LogP contribution is 2.28. The van der Waals surface area contributed by atoms with Gasteiger partial charge in [0.05, 0.1) is 5.92 Å². The number of carbonyl (C=O) groups is 2. The van der Waals surface area contributed by atoms with Crippen LogP contribution in [0.3, 0.4) is 0 Å². The highest BCUT2D eigenvalue weighted by Gasteiger charge is 2.26. The summed E-state index contributed by atoms with van der Waals surface area (Å²) in [6.45, 7) is 7.63. The van der Waals surface area contributed by atoms with Gasteiger partial charge in [0.25, 0.3) is 0 Å². The van der Waals surface area contributed by atoms with E-state index >= 15 is 0 Å². The van der Waals surface area contributed by atoms with Crippen LogP contribution in [0.2, 0.25) is 0 Å². The number of hydrogen-bond donors (Lipinski definition) is 2. The van der Waals surface area contributed by atoms with Gasteiger partial charge in [0, 0.05) is 19.6 Å². The van der Waals surface area contributed by atoms with Crippen LogP contribution in [-0.2, 0) is 4.79 Å². The van der Waals surface area contributed by atoms with Gasteiger partial charge in [-0.15, -0.1) is 6.58 Å². The maximum Gasteiger partial charge on any atom is 0.317 e. The van der Waals surface area contributed by atoms with E-state index in [0.29, 0.717) is 19.0 Å². The van der Waals surface area contributed by atoms with E-state index in [9.17, 15) is 9.59 Å². The van der Waals surface area contributed by atoms with Gasteiger partial charge in [0.15, 0.2) is 0 Å². The third kappa shape index (κ3) is 5.23. The minimum atomic E-state index is -0.687. The zero-order chi connectivity index (χ0) is 15.0. The van der Waals surface area contributed by atoms with Crippen LogP contribution >= 0.6 is 0 Å². The second-order valence-electron chi connectivity index (χ2n) is 5.48. The van der Waals surface area contributed by atoms with E-state index in [2.05, 4.69) is 11.9 Å². The van der Waals surface area contributed by atoms with Crippen LogP contribution in [0, 0.1) is 11.8 Å². The van der Waals surface area contributed by atoms with E-state index in [1.165, 1.54) is 0 Å². The summed E-state index contributed by atoms with van der Waals surface area (Å²) in [5.74, 6) is -0.478. The fourth-order valence-corrected chi connectivity index (χ4v) is 2.66. The highest BCUT2D eigenvalue weighted by atomic mass is 16.4. The molecule has 0 aromatic heterocycles. The van der Waals surface area contributed by atoms with Gasteiger partial charge in [0.2, 0.25) is 0 Å². The number of hydrogen-bond acceptors (Lipinski definition) is 2. The molecule has 0 atom stereocenters. The van der Waals surface area contributed by atoms with Gasteiger partial charge in [-0.3, -0.25) is 4.79 Å². The van der Waals surface area contributed by atoms with E-state index < -0.39 is 5.97 Å². The number of urea groups is 1. The molecule has 0 radical (unpaired) electrons. The molecular weight excluding hydrogens is 256 g/mol. The summed E-state index contributed by atoms with van der Waals surface area (Å²) >= 11 is 0. The van der Waals surface area contributed by atoms with Crippen LogP contribution in [0.1, 0.15) is 39.0 Å². The van der Waals surface area contributed by atoms with Crippen molar-refractivity contribution < 1.29 is 14.7 Å². The molecule has 5 nitrogen and oxygen atoms in total. The zero-order valence-corrected chi connectivity index (χ0v) is 12.3. The van der Waals surface area contributed by atoms with E-state index in [-0.39, 0.29) is 11.9 Å². The summed E-state index contributed by atoms with van der Waals surface area (Å²) in [5, 5.41) is 11.9. The first-order valence-corrected chi connectivity index (χ1v) is 7.44. The average molecular weight is 282 g/mol. The lowest BCUT2D eigenvalue weighted by Gasteiger charge is -2.27. The molecule has 1 saturated carbocycles. The molecule has 0 heterocycles. The van der Waals surface area contributed by atoms with Crippen molar-refractivity contribution in [2.24, 2.45) is 11.8 Å². The van der Waals surface area contributed by atoms with Gasteiger partial charge in [-0.1, -0.05) is 13.0 Å². The molecule has 0 aromatic carbocycles. The molecule has 0 spiro atoms. The van der Waals surface area contributed by atoms with Gasteiger partial charge >= 0.3 is 12.0 Å². The SMILES string of the molecule is C=CCN(CCC)C(=O)NCC1CCC(C(=O)O)CC1. The zero-order valence-electron chi connectivity index (χ0n) is 12.3. The number of amides is 2. The highest BCUT2D eigenvalue weighted by molar-refractivity contribution is 5.74. The summed E-state index contributed by atoms with van der Waals surface area (Å²) in [6, 6.07) is -0.0490. The third-order valence-corrected chi connectivity index (χ3v) is 3.87. The Morgan fingerprint density at radius 1 is 1.35 bits per heavy atom. The Morgan fingerprint density at radius 2 is 2.00 bits per heavy atom. The maximum absolute atomic E-state index is 12.0. The predicted octanol–water partition coefficient (Wildman–Crippen LogP) is 2.49. The number of carboxylic acid groups (broad SMARTS) is 1. The predicted molar refractivity (Wildman–Crippen MR) is 78.5 cm³/mol. The smallest absolute Gasteiger partial charge is 0.317 e. The fourth-order valence-electron chi connectivity index (χ4n) is 2.66. The Balaban J connectivity index is 2.30. The normalized spacial score (nSPS) is 22.1. The minimum Gasteiger partial charge on any atom is -0.481 e. The molecule has 5 heteroatoms. The first kappa shape index (κ1) is 16.5. The molecule has 0 saturated heterocycles. The van der Waals surface area contributed by atoms with Gasteiger partial charge in [-0.05, 0) is 38.0 Å². The Morgan fingerprint density at radius 3 is 2.50 bits per heavy atom. The first-order chi connectivity index (χ1) is 9.58. The van der Waals surface area contributed by atoms with Gasteiger partial charge in [-0.25, -0.2) is 4.79 Å². The number of nitrogens with zero attached hydrogens (tertiary/aromatic N) is 1. The topological polar surface area (TPSA) is 69.6 Å². The summed E-state index contributed by atoms with van der Waals surface area (Å²) in [4.78, 5) is 24.6. The third-order valence-electron chi connectivity index (χ3n) is 3.87. The molecule has 0 aromatic rings. The molecular formula is C15H26N2O3. The summed E-state index contributed by atoms with van der Waals surface area (Å²) < 4.78 is 0. The number of carboxylic acids is 1. The molecule has 1 rings (SSSR count). The molecule has 2 amide bonds. The van der Waals surface area contributed by atoms with Crippen molar-refractivity contribution in [1.82, 2.24) is 10.2 Å². The average Bonchev–Trinajstić information content (AvgIpc) is 2.45. The first-order valence-electron chi connectivity index (χ1n) is 7.44. The largest absolute Gasteiger partial charge is 0.481 e. The molecule has 1 aliphatic carbocycles. The van der Waals surface area contributed by atoms with Crippen molar-refractivity contribution in [1.29, 1.82) is 0 Å². The molecule has 20 heavy (non-hydrogen) atoms. The van der Waals surface area contributed by atoms with Crippen molar-refractivity contribution in [3.05, 3.63) is 12.7 Å². The van der Waals surface area contributed by atoms with Crippen LogP contribution < -0.4 is 5.32 Å². The Hall–Kier alpha value is -1.52. The quantitative estimate of drug-likeness (QED) is 0.705. The number of rotatable bonds is 7. The van der Waals surface area contributed by atoms with Gasteiger partial charge < -0.3 is 15.3 Å². The Bertz CT molecular complexity index is 336. The van der Waals surface area contributed by atoms with E-state index in [4.69, 9.17) is 5.11 Å². The molecule has 114 valence electrons. The number of aliphatic carboxylic acids is 1. The van der Waals surface area contributed by atoms with Crippen molar-refractivity contribution in [2.45, 2.75) is 39.0 Å². The van der Waals surface area contributed by atoms with Crippen molar-refractivity contribution in [3.8, 4) is 0 Å². The minimum absolute atomic E-state index is 0.0490. The Labute approximate surface area is 121 Å². The lowest BCUT2D eigenvalue weighted by molar-refractivity contribution is -0.143. The second kappa shape index (κ2) is 8.61. The van der Waals surface area contributed by atoms with E-state index in [0.717, 1.165) is 38.6 Å². The summed E-state index contributed by atoms with van der Waals surface area (Å²) in [6.07, 6.45) is 5.86. The fraction of sp³-hybridized carbons (Fsp3) is 0.733. The van der Waals surface area contributed by atoms with Crippen molar-refractivity contribution in [2.75, 3.05) is 19.6 Å². The molecule has 0 bridgehead atoms. The van der Waals surface area contributed by atoms with Gasteiger partial charge in [-0.2, -0.15) is 0 Å². The van der Waals surface area contributed by atoms with Crippen LogP contribution in [0.25, 0.3) is 0 Å². The van der Waals surface area contributed by atoms with Crippen molar-refractivity contribution in [3.63, 3.8) is 0 Å². The van der Waals surface area contributed by atoms with Crippen molar-refractivity contribution >= 4 is 12.0 Å². The Kier molecular flexibility index (Phi) is 7.12.